The lowest BCUT2D eigenvalue weighted by Crippen LogP contribution is -2.60. The molecule has 0 aromatic carbocycles. The number of carbonyl (C=O) groups excluding carboxylic acids is 1. The summed E-state index contributed by atoms with van der Waals surface area (Å²) < 4.78 is 11.3. The van der Waals surface area contributed by atoms with Gasteiger partial charge in [-0.25, -0.2) is 0 Å². The summed E-state index contributed by atoms with van der Waals surface area (Å²) in [6.07, 6.45) is 81.1. The van der Waals surface area contributed by atoms with E-state index in [0.717, 1.165) is 44.9 Å². The molecule has 0 radical (unpaired) electrons. The Balaban J connectivity index is 2.07. The Morgan fingerprint density at radius 2 is 0.679 bits per heavy atom. The fourth-order valence-corrected chi connectivity index (χ4v) is 11.8. The highest BCUT2D eigenvalue weighted by Gasteiger charge is 2.44. The SMILES string of the molecule is CCCCCCCCCC/C=C\CCCCCCCCCCCCCCCCCCCCCCCCCCCCCC(=O)NC(COC1OC(CO)C(O)C(O)C1O)C(O)/C=C/CC/C=C/CC/C=C/CCCCCCCCCCCCCC. The minimum atomic E-state index is -1.58. The van der Waals surface area contributed by atoms with Crippen LogP contribution in [0.25, 0.3) is 0 Å². The molecule has 0 spiro atoms. The van der Waals surface area contributed by atoms with Gasteiger partial charge in [-0.15, -0.1) is 0 Å². The summed E-state index contributed by atoms with van der Waals surface area (Å²) in [5.41, 5.74) is 0. The third kappa shape index (κ3) is 52.1. The minimum Gasteiger partial charge on any atom is -0.394 e. The normalized spacial score (nSPS) is 18.4. The fourth-order valence-electron chi connectivity index (χ4n) is 11.8. The summed E-state index contributed by atoms with van der Waals surface area (Å²) in [6.45, 7) is 3.80. The summed E-state index contributed by atoms with van der Waals surface area (Å²) in [6, 6.07) is -0.829. The number of aliphatic hydroxyl groups is 5. The predicted molar refractivity (Wildman–Crippen MR) is 359 cm³/mol. The van der Waals surface area contributed by atoms with Crippen molar-refractivity contribution in [2.45, 2.75) is 410 Å². The van der Waals surface area contributed by atoms with E-state index in [9.17, 15) is 30.3 Å². The molecule has 9 heteroatoms. The standard InChI is InChI=1S/C75H141NO8/c1-3-5-7-9-11-13-15-17-19-21-23-25-27-28-29-30-31-32-33-34-35-36-37-38-39-40-41-42-43-45-47-49-51-53-55-57-59-61-63-65-71(79)76-68(67-83-75-74(82)73(81)72(80)70(66-77)84-75)69(78)64-62-60-58-56-54-52-50-48-46-44-26-24-22-20-18-16-14-12-10-8-6-4-2/h21,23,46,48,54,56,62,64,68-70,72-75,77-78,80-82H,3-20,22,24-45,47,49-53,55,57-61,63,65-67H2,1-2H3,(H,76,79)/b23-21-,48-46+,56-54+,64-62+. The lowest BCUT2D eigenvalue weighted by atomic mass is 9.99. The first-order chi connectivity index (χ1) is 41.3. The van der Waals surface area contributed by atoms with Crippen molar-refractivity contribution in [2.75, 3.05) is 13.2 Å². The minimum absolute atomic E-state index is 0.184. The van der Waals surface area contributed by atoms with Crippen molar-refractivity contribution >= 4 is 5.91 Å². The molecule has 1 amide bonds. The summed E-state index contributed by atoms with van der Waals surface area (Å²) in [5.74, 6) is -0.184. The predicted octanol–water partition coefficient (Wildman–Crippen LogP) is 20.4. The Morgan fingerprint density at radius 3 is 1.00 bits per heavy atom. The zero-order valence-corrected chi connectivity index (χ0v) is 55.4. The third-order valence-corrected chi connectivity index (χ3v) is 17.6. The van der Waals surface area contributed by atoms with Crippen LogP contribution in [0.15, 0.2) is 48.6 Å². The first-order valence-corrected chi connectivity index (χ1v) is 36.9. The van der Waals surface area contributed by atoms with E-state index in [0.29, 0.717) is 6.42 Å². The molecule has 0 saturated carbocycles. The van der Waals surface area contributed by atoms with Gasteiger partial charge in [-0.05, 0) is 70.6 Å². The first kappa shape index (κ1) is 80.2. The Morgan fingerprint density at radius 1 is 0.393 bits per heavy atom. The summed E-state index contributed by atoms with van der Waals surface area (Å²) in [5, 5.41) is 54.7. The van der Waals surface area contributed by atoms with E-state index < -0.39 is 49.5 Å². The Labute approximate surface area is 520 Å². The number of rotatable bonds is 65. The highest BCUT2D eigenvalue weighted by Crippen LogP contribution is 2.23. The maximum absolute atomic E-state index is 13.1. The van der Waals surface area contributed by atoms with Crippen LogP contribution in [0.5, 0.6) is 0 Å². The van der Waals surface area contributed by atoms with Gasteiger partial charge in [-0.3, -0.25) is 4.79 Å². The molecule has 1 fully saturated rings. The van der Waals surface area contributed by atoms with E-state index in [2.05, 4.69) is 55.6 Å². The Kier molecular flexibility index (Phi) is 61.2. The van der Waals surface area contributed by atoms with Crippen molar-refractivity contribution in [3.8, 4) is 0 Å². The van der Waals surface area contributed by atoms with Gasteiger partial charge in [-0.1, -0.05) is 339 Å². The molecule has 1 rings (SSSR count). The number of allylic oxidation sites excluding steroid dienone is 7. The molecule has 1 heterocycles. The van der Waals surface area contributed by atoms with Gasteiger partial charge >= 0.3 is 0 Å². The van der Waals surface area contributed by atoms with Crippen LogP contribution in [-0.4, -0.2) is 87.5 Å². The second-order valence-corrected chi connectivity index (χ2v) is 25.7. The molecule has 9 nitrogen and oxygen atoms in total. The van der Waals surface area contributed by atoms with Crippen molar-refractivity contribution in [3.05, 3.63) is 48.6 Å². The number of amides is 1. The molecule has 494 valence electrons. The molecule has 0 bridgehead atoms. The molecule has 7 atom stereocenters. The van der Waals surface area contributed by atoms with E-state index in [1.165, 1.54) is 302 Å². The van der Waals surface area contributed by atoms with Gasteiger partial charge in [0.1, 0.15) is 24.4 Å². The smallest absolute Gasteiger partial charge is 0.220 e. The molecular formula is C75H141NO8. The molecule has 6 N–H and O–H groups in total. The van der Waals surface area contributed by atoms with E-state index in [1.807, 2.05) is 6.08 Å². The molecule has 0 aromatic rings. The average molecular weight is 1180 g/mol. The number of hydrogen-bond acceptors (Lipinski definition) is 8. The number of nitrogens with one attached hydrogen (secondary N) is 1. The van der Waals surface area contributed by atoms with Gasteiger partial charge in [0.2, 0.25) is 5.91 Å². The van der Waals surface area contributed by atoms with Crippen molar-refractivity contribution in [1.82, 2.24) is 5.32 Å². The first-order valence-electron chi connectivity index (χ1n) is 36.9. The summed E-state index contributed by atoms with van der Waals surface area (Å²) in [4.78, 5) is 13.1. The number of unbranched alkanes of at least 4 members (excludes halogenated alkanes) is 49. The second kappa shape index (κ2) is 64.1. The van der Waals surface area contributed by atoms with Crippen LogP contribution in [-0.2, 0) is 14.3 Å². The number of carbonyl (C=O) groups is 1. The monoisotopic (exact) mass is 1180 g/mol. The maximum Gasteiger partial charge on any atom is 0.220 e. The van der Waals surface area contributed by atoms with Gasteiger partial charge < -0.3 is 40.3 Å². The number of ether oxygens (including phenoxy) is 2. The molecule has 1 saturated heterocycles. The van der Waals surface area contributed by atoms with E-state index in [-0.39, 0.29) is 12.5 Å². The molecule has 1 aliphatic rings. The zero-order chi connectivity index (χ0) is 60.7. The van der Waals surface area contributed by atoms with Crippen molar-refractivity contribution in [3.63, 3.8) is 0 Å². The summed E-state index contributed by atoms with van der Waals surface area (Å²) >= 11 is 0. The van der Waals surface area contributed by atoms with Crippen LogP contribution >= 0.6 is 0 Å². The van der Waals surface area contributed by atoms with Crippen LogP contribution in [0.4, 0.5) is 0 Å². The fraction of sp³-hybridized carbons (Fsp3) is 0.880. The molecule has 0 aromatic heterocycles. The highest BCUT2D eigenvalue weighted by molar-refractivity contribution is 5.76. The lowest BCUT2D eigenvalue weighted by Gasteiger charge is -2.40. The quantitative estimate of drug-likeness (QED) is 0.0261. The van der Waals surface area contributed by atoms with E-state index >= 15 is 0 Å². The van der Waals surface area contributed by atoms with Gasteiger partial charge in [0.05, 0.1) is 25.4 Å². The van der Waals surface area contributed by atoms with Gasteiger partial charge in [0.25, 0.3) is 0 Å². The number of hydrogen-bond donors (Lipinski definition) is 6. The van der Waals surface area contributed by atoms with Crippen molar-refractivity contribution < 1.29 is 39.8 Å². The van der Waals surface area contributed by atoms with Crippen molar-refractivity contribution in [2.24, 2.45) is 0 Å². The van der Waals surface area contributed by atoms with Crippen LogP contribution in [0.3, 0.4) is 0 Å². The third-order valence-electron chi connectivity index (χ3n) is 17.6. The van der Waals surface area contributed by atoms with Gasteiger partial charge in [0.15, 0.2) is 6.29 Å². The molecule has 84 heavy (non-hydrogen) atoms. The van der Waals surface area contributed by atoms with Crippen molar-refractivity contribution in [1.29, 1.82) is 0 Å². The van der Waals surface area contributed by atoms with Crippen LogP contribution in [0.2, 0.25) is 0 Å². The van der Waals surface area contributed by atoms with Gasteiger partial charge in [0, 0.05) is 6.42 Å². The summed E-state index contributed by atoms with van der Waals surface area (Å²) in [7, 11) is 0. The van der Waals surface area contributed by atoms with Crippen LogP contribution in [0, 0.1) is 0 Å². The average Bonchev–Trinajstić information content (AvgIpc) is 3.70. The molecule has 0 aliphatic carbocycles. The highest BCUT2D eigenvalue weighted by atomic mass is 16.7. The second-order valence-electron chi connectivity index (χ2n) is 25.7. The maximum atomic E-state index is 13.1. The van der Waals surface area contributed by atoms with E-state index in [1.54, 1.807) is 6.08 Å². The molecule has 1 aliphatic heterocycles. The Hall–Kier alpha value is -1.85. The number of aliphatic hydroxyl groups excluding tert-OH is 5. The van der Waals surface area contributed by atoms with Crippen LogP contribution < -0.4 is 5.32 Å². The zero-order valence-electron chi connectivity index (χ0n) is 55.4. The molecular weight excluding hydrogens is 1040 g/mol. The molecule has 7 unspecified atom stereocenters. The lowest BCUT2D eigenvalue weighted by molar-refractivity contribution is -0.302. The van der Waals surface area contributed by atoms with E-state index in [4.69, 9.17) is 9.47 Å². The largest absolute Gasteiger partial charge is 0.394 e. The van der Waals surface area contributed by atoms with Crippen LogP contribution in [0.1, 0.15) is 367 Å². The van der Waals surface area contributed by atoms with Gasteiger partial charge in [-0.2, -0.15) is 0 Å². The Bertz CT molecular complexity index is 1470. The topological polar surface area (TPSA) is 149 Å².